The van der Waals surface area contributed by atoms with E-state index in [4.69, 9.17) is 4.98 Å². The van der Waals surface area contributed by atoms with Crippen molar-refractivity contribution in [2.45, 2.75) is 59.0 Å². The molecular formula is C28H31N5O2. The molecule has 7 nitrogen and oxygen atoms in total. The van der Waals surface area contributed by atoms with Crippen LogP contribution in [0.5, 0.6) is 0 Å². The van der Waals surface area contributed by atoms with E-state index in [9.17, 15) is 9.90 Å². The summed E-state index contributed by atoms with van der Waals surface area (Å²) in [7, 11) is 0. The Bertz CT molecular complexity index is 1390. The van der Waals surface area contributed by atoms with Crippen molar-refractivity contribution in [3.8, 4) is 11.4 Å². The molecule has 2 aromatic heterocycles. The van der Waals surface area contributed by atoms with Gasteiger partial charge in [0, 0.05) is 18.2 Å². The van der Waals surface area contributed by atoms with Gasteiger partial charge >= 0.3 is 5.97 Å². The third kappa shape index (κ3) is 4.76. The molecule has 2 heterocycles. The minimum atomic E-state index is -1.16. The Hall–Kier alpha value is -3.74. The summed E-state index contributed by atoms with van der Waals surface area (Å²) < 4.78 is 2.11. The number of rotatable bonds is 8. The molecule has 1 atom stereocenters. The number of nitrogens with one attached hydrogen (secondary N) is 1. The van der Waals surface area contributed by atoms with E-state index < -0.39 is 5.97 Å². The molecule has 0 radical (unpaired) electrons. The van der Waals surface area contributed by atoms with Crippen molar-refractivity contribution in [1.29, 1.82) is 0 Å². The molecule has 1 aliphatic rings. The van der Waals surface area contributed by atoms with Crippen LogP contribution in [0, 0.1) is 12.8 Å². The monoisotopic (exact) mass is 469 g/mol. The maximum atomic E-state index is 11.8. The molecule has 1 fully saturated rings. The predicted octanol–water partition coefficient (Wildman–Crippen LogP) is 5.88. The number of fused-ring (bicyclic) bond motifs is 1. The van der Waals surface area contributed by atoms with Crippen LogP contribution in [0.1, 0.15) is 66.8 Å². The van der Waals surface area contributed by atoms with Crippen LogP contribution >= 0.6 is 0 Å². The highest BCUT2D eigenvalue weighted by Crippen LogP contribution is 2.36. The molecule has 0 saturated heterocycles. The highest BCUT2D eigenvalue weighted by atomic mass is 16.4. The van der Waals surface area contributed by atoms with E-state index >= 15 is 0 Å². The zero-order valence-electron chi connectivity index (χ0n) is 20.6. The first-order valence-corrected chi connectivity index (χ1v) is 12.2. The maximum Gasteiger partial charge on any atom is 0.374 e. The van der Waals surface area contributed by atoms with Crippen molar-refractivity contribution < 1.29 is 9.90 Å². The second-order valence-electron chi connectivity index (χ2n) is 9.93. The molecular weight excluding hydrogens is 438 g/mol. The molecule has 35 heavy (non-hydrogen) atoms. The first kappa shape index (κ1) is 23.0. The van der Waals surface area contributed by atoms with Crippen LogP contribution in [0.15, 0.2) is 48.5 Å². The van der Waals surface area contributed by atoms with Gasteiger partial charge in [-0.05, 0) is 55.7 Å². The van der Waals surface area contributed by atoms with Crippen molar-refractivity contribution in [1.82, 2.24) is 19.5 Å². The van der Waals surface area contributed by atoms with Crippen LogP contribution in [0.3, 0.4) is 0 Å². The Morgan fingerprint density at radius 2 is 1.83 bits per heavy atom. The quantitative estimate of drug-likeness (QED) is 0.335. The molecule has 5 rings (SSSR count). The average molecular weight is 470 g/mol. The number of hydrogen-bond acceptors (Lipinski definition) is 5. The van der Waals surface area contributed by atoms with E-state index in [0.717, 1.165) is 28.0 Å². The summed E-state index contributed by atoms with van der Waals surface area (Å²) in [4.78, 5) is 25.4. The summed E-state index contributed by atoms with van der Waals surface area (Å²) in [5.74, 6) is 0.898. The summed E-state index contributed by atoms with van der Waals surface area (Å²) in [5, 5.41) is 13.2. The second-order valence-corrected chi connectivity index (χ2v) is 9.93. The van der Waals surface area contributed by atoms with Gasteiger partial charge in [0.2, 0.25) is 5.82 Å². The van der Waals surface area contributed by atoms with Gasteiger partial charge in [-0.15, -0.1) is 0 Å². The van der Waals surface area contributed by atoms with Crippen LogP contribution < -0.4 is 5.32 Å². The second kappa shape index (κ2) is 9.13. The van der Waals surface area contributed by atoms with E-state index in [-0.39, 0.29) is 11.9 Å². The lowest BCUT2D eigenvalue weighted by Gasteiger charge is -2.17. The Kier molecular flexibility index (Phi) is 6.01. The number of carbonyl (C=O) groups is 1. The lowest BCUT2D eigenvalue weighted by molar-refractivity contribution is 0.0684. The van der Waals surface area contributed by atoms with Crippen molar-refractivity contribution in [2.75, 3.05) is 5.32 Å². The van der Waals surface area contributed by atoms with Gasteiger partial charge in [0.25, 0.3) is 0 Å². The van der Waals surface area contributed by atoms with E-state index in [1.165, 1.54) is 18.4 Å². The van der Waals surface area contributed by atoms with Gasteiger partial charge in [0.15, 0.2) is 11.5 Å². The molecule has 0 aliphatic heterocycles. The van der Waals surface area contributed by atoms with Crippen LogP contribution in [-0.4, -0.2) is 36.6 Å². The van der Waals surface area contributed by atoms with Gasteiger partial charge in [-0.25, -0.2) is 19.7 Å². The van der Waals surface area contributed by atoms with Gasteiger partial charge in [0.05, 0.1) is 0 Å². The molecule has 4 aromatic rings. The first-order valence-electron chi connectivity index (χ1n) is 12.2. The fraction of sp³-hybridized carbons (Fsp3) is 0.357. The lowest BCUT2D eigenvalue weighted by atomic mass is 10.0. The Labute approximate surface area is 205 Å². The summed E-state index contributed by atoms with van der Waals surface area (Å²) in [6.07, 6.45) is 2.34. The highest BCUT2D eigenvalue weighted by Gasteiger charge is 2.30. The zero-order valence-corrected chi connectivity index (χ0v) is 20.6. The number of imidazole rings is 1. The van der Waals surface area contributed by atoms with E-state index in [1.54, 1.807) is 0 Å². The summed E-state index contributed by atoms with van der Waals surface area (Å²) in [5.41, 5.74) is 5.62. The van der Waals surface area contributed by atoms with Crippen LogP contribution in [0.4, 0.5) is 5.82 Å². The van der Waals surface area contributed by atoms with Crippen LogP contribution in [0.2, 0.25) is 0 Å². The maximum absolute atomic E-state index is 11.8. The molecule has 1 aliphatic carbocycles. The summed E-state index contributed by atoms with van der Waals surface area (Å²) >= 11 is 0. The van der Waals surface area contributed by atoms with E-state index in [1.807, 2.05) is 25.1 Å². The number of aryl methyl sites for hydroxylation is 1. The van der Waals surface area contributed by atoms with Crippen molar-refractivity contribution in [2.24, 2.45) is 5.92 Å². The molecule has 2 N–H and O–H groups in total. The summed E-state index contributed by atoms with van der Waals surface area (Å²) in [6.45, 7) is 9.11. The van der Waals surface area contributed by atoms with Crippen molar-refractivity contribution >= 4 is 23.0 Å². The van der Waals surface area contributed by atoms with Crippen molar-refractivity contribution in [3.05, 3.63) is 71.0 Å². The molecule has 0 amide bonds. The summed E-state index contributed by atoms with van der Waals surface area (Å²) in [6, 6.07) is 17.0. The van der Waals surface area contributed by atoms with Gasteiger partial charge in [-0.3, -0.25) is 0 Å². The van der Waals surface area contributed by atoms with Gasteiger partial charge in [0.1, 0.15) is 11.3 Å². The van der Waals surface area contributed by atoms with E-state index in [2.05, 4.69) is 71.0 Å². The molecule has 2 aromatic carbocycles. The zero-order chi connectivity index (χ0) is 24.7. The predicted molar refractivity (Wildman–Crippen MR) is 138 cm³/mol. The number of anilines is 1. The number of aromatic nitrogens is 4. The number of carboxylic acid groups (broad SMARTS) is 1. The van der Waals surface area contributed by atoms with Gasteiger partial charge < -0.3 is 15.0 Å². The Balaban J connectivity index is 1.70. The lowest BCUT2D eigenvalue weighted by Crippen LogP contribution is -2.20. The number of aromatic carboxylic acids is 1. The number of carboxylic acids is 1. The largest absolute Gasteiger partial charge is 0.475 e. The SMILES string of the molecule is Cc1cccc(-c2nc3nc(C(=O)O)nc(NC(C)C4CC4)c3n2Cc2ccc(C(C)C)cc2)c1. The molecule has 0 bridgehead atoms. The van der Waals surface area contributed by atoms with Crippen molar-refractivity contribution in [3.63, 3.8) is 0 Å². The molecule has 7 heteroatoms. The number of hydrogen-bond donors (Lipinski definition) is 2. The Morgan fingerprint density at radius 3 is 2.46 bits per heavy atom. The molecule has 1 saturated carbocycles. The molecule has 1 unspecified atom stereocenters. The molecule has 180 valence electrons. The third-order valence-corrected chi connectivity index (χ3v) is 6.75. The third-order valence-electron chi connectivity index (χ3n) is 6.75. The smallest absolute Gasteiger partial charge is 0.374 e. The van der Waals surface area contributed by atoms with Crippen LogP contribution in [0.25, 0.3) is 22.6 Å². The minimum absolute atomic E-state index is 0.186. The topological polar surface area (TPSA) is 92.9 Å². The fourth-order valence-electron chi connectivity index (χ4n) is 4.51. The first-order chi connectivity index (χ1) is 16.8. The number of benzene rings is 2. The average Bonchev–Trinajstić information content (AvgIpc) is 3.62. The highest BCUT2D eigenvalue weighted by molar-refractivity contribution is 5.92. The standard InChI is InChI=1S/C28H31N5O2/c1-16(2)20-10-8-19(9-11-20)15-33-23-24(29-18(4)21-12-13-21)30-26(28(34)35)31-25(23)32-27(33)22-7-5-6-17(3)14-22/h5-11,14,16,18,21H,12-13,15H2,1-4H3,(H,34,35)(H,29,30,31). The fourth-order valence-corrected chi connectivity index (χ4v) is 4.51. The van der Waals surface area contributed by atoms with E-state index in [0.29, 0.717) is 29.8 Å². The van der Waals surface area contributed by atoms with Gasteiger partial charge in [-0.1, -0.05) is 61.9 Å². The van der Waals surface area contributed by atoms with Gasteiger partial charge in [-0.2, -0.15) is 0 Å². The normalized spacial score (nSPS) is 14.4. The minimum Gasteiger partial charge on any atom is -0.475 e. The number of nitrogens with zero attached hydrogens (tertiary/aromatic N) is 4. The molecule has 0 spiro atoms. The Morgan fingerprint density at radius 1 is 1.09 bits per heavy atom. The van der Waals surface area contributed by atoms with Crippen LogP contribution in [-0.2, 0) is 6.54 Å².